The van der Waals surface area contributed by atoms with E-state index in [0.717, 1.165) is 23.5 Å². The number of sulfonamides is 1. The number of benzene rings is 1. The number of nitrogen functional groups attached to an aromatic ring is 1. The van der Waals surface area contributed by atoms with Gasteiger partial charge in [-0.05, 0) is 30.4 Å². The Morgan fingerprint density at radius 1 is 1.38 bits per heavy atom. The van der Waals surface area contributed by atoms with Gasteiger partial charge in [0.15, 0.2) is 0 Å². The van der Waals surface area contributed by atoms with Gasteiger partial charge in [0.05, 0.1) is 4.90 Å². The van der Waals surface area contributed by atoms with E-state index in [0.29, 0.717) is 5.69 Å². The zero-order valence-corrected chi connectivity index (χ0v) is 10.8. The highest BCUT2D eigenvalue weighted by atomic mass is 32.2. The molecule has 0 aliphatic heterocycles. The summed E-state index contributed by atoms with van der Waals surface area (Å²) in [4.78, 5) is 0.964. The molecule has 0 radical (unpaired) electrons. The van der Waals surface area contributed by atoms with E-state index in [1.165, 1.54) is 12.1 Å². The summed E-state index contributed by atoms with van der Waals surface area (Å²) in [5.41, 5.74) is 6.22. The topological polar surface area (TPSA) is 86.2 Å². The van der Waals surface area contributed by atoms with Gasteiger partial charge in [-0.15, -0.1) is 11.8 Å². The van der Waals surface area contributed by atoms with Crippen molar-refractivity contribution in [1.29, 1.82) is 0 Å². The van der Waals surface area contributed by atoms with Crippen LogP contribution in [-0.4, -0.2) is 14.2 Å². The minimum absolute atomic E-state index is 0.0600. The molecule has 4 nitrogen and oxygen atoms in total. The Kier molecular flexibility index (Phi) is 4.64. The molecule has 0 unspecified atom stereocenters. The fraction of sp³-hybridized carbons (Fsp3) is 0.400. The van der Waals surface area contributed by atoms with Crippen molar-refractivity contribution >= 4 is 27.5 Å². The highest BCUT2D eigenvalue weighted by Crippen LogP contribution is 2.27. The van der Waals surface area contributed by atoms with Gasteiger partial charge in [-0.3, -0.25) is 0 Å². The molecule has 0 fully saturated rings. The van der Waals surface area contributed by atoms with E-state index in [-0.39, 0.29) is 4.90 Å². The second kappa shape index (κ2) is 5.56. The summed E-state index contributed by atoms with van der Waals surface area (Å²) in [7, 11) is -3.66. The number of primary sulfonamides is 1. The number of unbranched alkanes of at least 4 members (excludes halogenated alkanes) is 1. The Morgan fingerprint density at radius 3 is 2.56 bits per heavy atom. The molecule has 0 amide bonds. The van der Waals surface area contributed by atoms with Crippen molar-refractivity contribution in [3.8, 4) is 0 Å². The Labute approximate surface area is 100 Å². The minimum atomic E-state index is -3.66. The zero-order chi connectivity index (χ0) is 12.2. The van der Waals surface area contributed by atoms with Gasteiger partial charge in [0.1, 0.15) is 0 Å². The van der Waals surface area contributed by atoms with Gasteiger partial charge in [-0.1, -0.05) is 13.3 Å². The second-order valence-corrected chi connectivity index (χ2v) is 6.14. The van der Waals surface area contributed by atoms with Crippen LogP contribution < -0.4 is 10.9 Å². The monoisotopic (exact) mass is 260 g/mol. The molecule has 6 heteroatoms. The normalized spacial score (nSPS) is 11.6. The van der Waals surface area contributed by atoms with Crippen LogP contribution in [0.5, 0.6) is 0 Å². The predicted molar refractivity (Wildman–Crippen MR) is 67.9 cm³/mol. The van der Waals surface area contributed by atoms with Gasteiger partial charge in [-0.2, -0.15) is 0 Å². The van der Waals surface area contributed by atoms with Crippen LogP contribution >= 0.6 is 11.8 Å². The second-order valence-electron chi connectivity index (χ2n) is 3.45. The molecule has 0 saturated heterocycles. The highest BCUT2D eigenvalue weighted by molar-refractivity contribution is 7.99. The first kappa shape index (κ1) is 13.3. The average Bonchev–Trinajstić information content (AvgIpc) is 2.19. The van der Waals surface area contributed by atoms with Crippen molar-refractivity contribution < 1.29 is 8.42 Å². The van der Waals surface area contributed by atoms with Crippen molar-refractivity contribution in [2.75, 3.05) is 11.5 Å². The van der Waals surface area contributed by atoms with Gasteiger partial charge in [0.25, 0.3) is 0 Å². The lowest BCUT2D eigenvalue weighted by atomic mass is 10.3. The van der Waals surface area contributed by atoms with Crippen LogP contribution in [0.4, 0.5) is 5.69 Å². The lowest BCUT2D eigenvalue weighted by molar-refractivity contribution is 0.598. The SMILES string of the molecule is CCCCSc1ccc(S(N)(=O)=O)cc1N. The number of hydrogen-bond acceptors (Lipinski definition) is 4. The summed E-state index contributed by atoms with van der Waals surface area (Å²) >= 11 is 1.63. The maximum Gasteiger partial charge on any atom is 0.238 e. The highest BCUT2D eigenvalue weighted by Gasteiger charge is 2.09. The van der Waals surface area contributed by atoms with E-state index in [1.807, 2.05) is 0 Å². The molecule has 0 aliphatic carbocycles. The minimum Gasteiger partial charge on any atom is -0.398 e. The smallest absolute Gasteiger partial charge is 0.238 e. The van der Waals surface area contributed by atoms with E-state index in [9.17, 15) is 8.42 Å². The maximum atomic E-state index is 11.1. The molecule has 0 atom stereocenters. The van der Waals surface area contributed by atoms with Crippen molar-refractivity contribution in [3.05, 3.63) is 18.2 Å². The van der Waals surface area contributed by atoms with E-state index in [1.54, 1.807) is 17.8 Å². The first-order chi connectivity index (χ1) is 7.45. The molecule has 90 valence electrons. The Balaban J connectivity index is 2.84. The molecule has 1 aromatic rings. The molecule has 4 N–H and O–H groups in total. The van der Waals surface area contributed by atoms with Gasteiger partial charge in [0.2, 0.25) is 10.0 Å². The third-order valence-corrected chi connectivity index (χ3v) is 4.15. The molecule has 0 aliphatic rings. The Morgan fingerprint density at radius 2 is 2.06 bits per heavy atom. The number of hydrogen-bond donors (Lipinski definition) is 2. The van der Waals surface area contributed by atoms with Crippen molar-refractivity contribution in [1.82, 2.24) is 0 Å². The lowest BCUT2D eigenvalue weighted by Crippen LogP contribution is -2.12. The maximum absolute atomic E-state index is 11.1. The van der Waals surface area contributed by atoms with Crippen LogP contribution in [0.3, 0.4) is 0 Å². The molecule has 0 aromatic heterocycles. The van der Waals surface area contributed by atoms with Crippen LogP contribution in [0, 0.1) is 0 Å². The average molecular weight is 260 g/mol. The summed E-state index contributed by atoms with van der Waals surface area (Å²) < 4.78 is 22.1. The predicted octanol–water partition coefficient (Wildman–Crippen LogP) is 1.81. The molecular weight excluding hydrogens is 244 g/mol. The van der Waals surface area contributed by atoms with E-state index in [4.69, 9.17) is 10.9 Å². The quantitative estimate of drug-likeness (QED) is 0.480. The van der Waals surface area contributed by atoms with E-state index >= 15 is 0 Å². The molecule has 0 heterocycles. The number of thioether (sulfide) groups is 1. The lowest BCUT2D eigenvalue weighted by Gasteiger charge is -2.06. The van der Waals surface area contributed by atoms with Crippen LogP contribution in [0.1, 0.15) is 19.8 Å². The van der Waals surface area contributed by atoms with Gasteiger partial charge < -0.3 is 5.73 Å². The van der Waals surface area contributed by atoms with Crippen LogP contribution in [0.2, 0.25) is 0 Å². The van der Waals surface area contributed by atoms with Crippen LogP contribution in [-0.2, 0) is 10.0 Å². The first-order valence-electron chi connectivity index (χ1n) is 5.00. The van der Waals surface area contributed by atoms with E-state index in [2.05, 4.69) is 6.92 Å². The standard InChI is InChI=1S/C10H16N2O2S2/c1-2-3-6-15-10-5-4-8(7-9(10)11)16(12,13)14/h4-5,7H,2-3,6,11H2,1H3,(H2,12,13,14). The largest absolute Gasteiger partial charge is 0.398 e. The van der Waals surface area contributed by atoms with Gasteiger partial charge in [-0.25, -0.2) is 13.6 Å². The Bertz CT molecular complexity index is 458. The summed E-state index contributed by atoms with van der Waals surface area (Å²) in [5.74, 6) is 0.982. The van der Waals surface area contributed by atoms with Crippen molar-refractivity contribution in [2.45, 2.75) is 29.6 Å². The third-order valence-electron chi connectivity index (χ3n) is 2.07. The first-order valence-corrected chi connectivity index (χ1v) is 7.53. The van der Waals surface area contributed by atoms with Crippen LogP contribution in [0.15, 0.2) is 28.0 Å². The number of anilines is 1. The summed E-state index contributed by atoms with van der Waals surface area (Å²) in [5, 5.41) is 5.01. The molecule has 0 saturated carbocycles. The summed E-state index contributed by atoms with van der Waals surface area (Å²) in [6.07, 6.45) is 2.24. The fourth-order valence-corrected chi connectivity index (χ4v) is 2.75. The van der Waals surface area contributed by atoms with Crippen molar-refractivity contribution in [3.63, 3.8) is 0 Å². The molecule has 0 bridgehead atoms. The number of nitrogens with two attached hydrogens (primary N) is 2. The van der Waals surface area contributed by atoms with E-state index < -0.39 is 10.0 Å². The number of rotatable bonds is 5. The summed E-state index contributed by atoms with van der Waals surface area (Å²) in [6.45, 7) is 2.12. The van der Waals surface area contributed by atoms with Crippen molar-refractivity contribution in [2.24, 2.45) is 5.14 Å². The van der Waals surface area contributed by atoms with Gasteiger partial charge in [0, 0.05) is 10.6 Å². The molecular formula is C10H16N2O2S2. The molecule has 1 rings (SSSR count). The molecule has 0 spiro atoms. The van der Waals surface area contributed by atoms with Gasteiger partial charge >= 0.3 is 0 Å². The molecule has 16 heavy (non-hydrogen) atoms. The molecule has 1 aromatic carbocycles. The zero-order valence-electron chi connectivity index (χ0n) is 9.14. The van der Waals surface area contributed by atoms with Crippen LogP contribution in [0.25, 0.3) is 0 Å². The third kappa shape index (κ3) is 3.70. The summed E-state index contributed by atoms with van der Waals surface area (Å²) in [6, 6.07) is 4.60. The fourth-order valence-electron chi connectivity index (χ4n) is 1.16. The Hall–Kier alpha value is -0.720.